The average molecular weight is 334 g/mol. The molecule has 2 aromatic heterocycles. The van der Waals surface area contributed by atoms with Crippen LogP contribution in [-0.2, 0) is 16.0 Å². The maximum Gasteiger partial charge on any atom is 0.244 e. The fourth-order valence-electron chi connectivity index (χ4n) is 2.57. The van der Waals surface area contributed by atoms with Gasteiger partial charge in [-0.3, -0.25) is 9.59 Å². The number of H-pyrrole nitrogens is 1. The number of aromatic nitrogens is 2. The van der Waals surface area contributed by atoms with Crippen molar-refractivity contribution in [2.75, 3.05) is 0 Å². The van der Waals surface area contributed by atoms with Gasteiger partial charge in [-0.2, -0.15) is 0 Å². The van der Waals surface area contributed by atoms with Gasteiger partial charge in [0.25, 0.3) is 0 Å². The molecule has 2 amide bonds. The number of nitrogens with two attached hydrogens (primary N) is 1. The second-order valence-corrected chi connectivity index (χ2v) is 5.63. The predicted molar refractivity (Wildman–Crippen MR) is 96.4 cm³/mol. The van der Waals surface area contributed by atoms with E-state index in [0.29, 0.717) is 6.42 Å². The molecule has 0 aliphatic rings. The Hall–Kier alpha value is -3.41. The second kappa shape index (κ2) is 7.44. The lowest BCUT2D eigenvalue weighted by Gasteiger charge is -2.14. The first kappa shape index (κ1) is 16.4. The Morgan fingerprint density at radius 3 is 2.76 bits per heavy atom. The Morgan fingerprint density at radius 2 is 2.00 bits per heavy atom. The van der Waals surface area contributed by atoms with Gasteiger partial charge in [0, 0.05) is 35.8 Å². The van der Waals surface area contributed by atoms with Gasteiger partial charge in [-0.1, -0.05) is 30.3 Å². The summed E-state index contributed by atoms with van der Waals surface area (Å²) in [6.07, 6.45) is 6.89. The Labute approximate surface area is 144 Å². The lowest BCUT2D eigenvalue weighted by atomic mass is 10.1. The molecular formula is C19H18N4O2. The second-order valence-electron chi connectivity index (χ2n) is 5.63. The third kappa shape index (κ3) is 4.11. The van der Waals surface area contributed by atoms with Crippen molar-refractivity contribution in [2.45, 2.75) is 12.5 Å². The molecule has 0 spiro atoms. The van der Waals surface area contributed by atoms with Crippen LogP contribution in [0.3, 0.4) is 0 Å². The number of nitrogens with one attached hydrogen (secondary N) is 2. The average Bonchev–Trinajstić information content (AvgIpc) is 3.03. The molecule has 4 N–H and O–H groups in total. The molecule has 3 rings (SSSR count). The molecule has 1 aromatic carbocycles. The van der Waals surface area contributed by atoms with Crippen LogP contribution < -0.4 is 11.1 Å². The largest absolute Gasteiger partial charge is 0.368 e. The monoisotopic (exact) mass is 334 g/mol. The number of rotatable bonds is 6. The highest BCUT2D eigenvalue weighted by molar-refractivity contribution is 5.97. The lowest BCUT2D eigenvalue weighted by Crippen LogP contribution is -2.45. The molecule has 0 aliphatic carbocycles. The van der Waals surface area contributed by atoms with E-state index in [1.54, 1.807) is 18.5 Å². The van der Waals surface area contributed by atoms with Gasteiger partial charge in [0.2, 0.25) is 11.8 Å². The third-order valence-electron chi connectivity index (χ3n) is 3.84. The number of primary amides is 1. The molecule has 0 aliphatic heterocycles. The molecule has 1 atom stereocenters. The van der Waals surface area contributed by atoms with Gasteiger partial charge in [-0.05, 0) is 23.8 Å². The molecule has 126 valence electrons. The van der Waals surface area contributed by atoms with Gasteiger partial charge >= 0.3 is 0 Å². The topological polar surface area (TPSA) is 101 Å². The lowest BCUT2D eigenvalue weighted by molar-refractivity contribution is -0.124. The molecule has 0 fully saturated rings. The quantitative estimate of drug-likeness (QED) is 0.599. The molecule has 2 heterocycles. The minimum absolute atomic E-state index is 0.354. The van der Waals surface area contributed by atoms with Crippen molar-refractivity contribution in [1.29, 1.82) is 0 Å². The standard InChI is InChI=1S/C19H18N4O2/c20-18(25)16(11-13-5-2-1-3-6-13)23-17(24)9-8-14-12-22-19-15(14)7-4-10-21-19/h1-10,12,16H,11H2,(H2,20,25)(H,21,22)(H,23,24)/t16-/m0/s1. The van der Waals surface area contributed by atoms with Crippen LogP contribution in [0.15, 0.2) is 60.9 Å². The molecule has 25 heavy (non-hydrogen) atoms. The number of hydrogen-bond donors (Lipinski definition) is 3. The summed E-state index contributed by atoms with van der Waals surface area (Å²) < 4.78 is 0. The van der Waals surface area contributed by atoms with E-state index >= 15 is 0 Å². The molecule has 6 nitrogen and oxygen atoms in total. The van der Waals surface area contributed by atoms with Crippen LogP contribution >= 0.6 is 0 Å². The van der Waals surface area contributed by atoms with Crippen molar-refractivity contribution in [3.63, 3.8) is 0 Å². The summed E-state index contributed by atoms with van der Waals surface area (Å²) in [6.45, 7) is 0. The van der Waals surface area contributed by atoms with Crippen molar-refractivity contribution < 1.29 is 9.59 Å². The Bertz CT molecular complexity index is 915. The van der Waals surface area contributed by atoms with Crippen molar-refractivity contribution >= 4 is 28.9 Å². The number of benzene rings is 1. The van der Waals surface area contributed by atoms with Gasteiger partial charge in [0.15, 0.2) is 0 Å². The highest BCUT2D eigenvalue weighted by Crippen LogP contribution is 2.16. The van der Waals surface area contributed by atoms with E-state index in [-0.39, 0.29) is 5.91 Å². The van der Waals surface area contributed by atoms with Gasteiger partial charge in [0.1, 0.15) is 11.7 Å². The van der Waals surface area contributed by atoms with Crippen molar-refractivity contribution in [3.05, 3.63) is 72.1 Å². The SMILES string of the molecule is NC(=O)[C@H](Cc1ccccc1)NC(=O)C=Cc1c[nH]c2ncccc12. The number of carbonyl (C=O) groups excluding carboxylic acids is 2. The van der Waals surface area contributed by atoms with Crippen molar-refractivity contribution in [2.24, 2.45) is 5.73 Å². The molecule has 6 heteroatoms. The number of amides is 2. The van der Waals surface area contributed by atoms with Crippen LogP contribution in [0.25, 0.3) is 17.1 Å². The highest BCUT2D eigenvalue weighted by Gasteiger charge is 2.17. The summed E-state index contributed by atoms with van der Waals surface area (Å²) >= 11 is 0. The number of hydrogen-bond acceptors (Lipinski definition) is 3. The Balaban J connectivity index is 1.68. The fraction of sp³-hybridized carbons (Fsp3) is 0.105. The normalized spacial score (nSPS) is 12.3. The van der Waals surface area contributed by atoms with Crippen LogP contribution in [0.1, 0.15) is 11.1 Å². The van der Waals surface area contributed by atoms with Crippen LogP contribution in [0, 0.1) is 0 Å². The molecule has 0 unspecified atom stereocenters. The number of carbonyl (C=O) groups is 2. The summed E-state index contributed by atoms with van der Waals surface area (Å²) in [5, 5.41) is 3.57. The first-order chi connectivity index (χ1) is 12.1. The number of pyridine rings is 1. The summed E-state index contributed by atoms with van der Waals surface area (Å²) in [5.74, 6) is -0.945. The minimum Gasteiger partial charge on any atom is -0.368 e. The zero-order chi connectivity index (χ0) is 17.6. The van der Waals surface area contributed by atoms with Crippen LogP contribution in [0.4, 0.5) is 0 Å². The van der Waals surface area contributed by atoms with Crippen molar-refractivity contribution in [1.82, 2.24) is 15.3 Å². The van der Waals surface area contributed by atoms with E-state index in [9.17, 15) is 9.59 Å². The number of nitrogens with zero attached hydrogens (tertiary/aromatic N) is 1. The molecule has 0 bridgehead atoms. The van der Waals surface area contributed by atoms with Gasteiger partial charge in [-0.25, -0.2) is 4.98 Å². The van der Waals surface area contributed by atoms with Gasteiger partial charge in [0.05, 0.1) is 0 Å². The molecule has 0 radical (unpaired) electrons. The zero-order valence-electron chi connectivity index (χ0n) is 13.5. The fourth-order valence-corrected chi connectivity index (χ4v) is 2.57. The Kier molecular flexibility index (Phi) is 4.89. The Morgan fingerprint density at radius 1 is 1.20 bits per heavy atom. The van der Waals surface area contributed by atoms with Crippen LogP contribution in [-0.4, -0.2) is 27.8 Å². The molecule has 0 saturated carbocycles. The minimum atomic E-state index is -0.760. The maximum atomic E-state index is 12.1. The predicted octanol–water partition coefficient (Wildman–Crippen LogP) is 1.79. The van der Waals surface area contributed by atoms with E-state index in [1.165, 1.54) is 6.08 Å². The molecule has 3 aromatic rings. The third-order valence-corrected chi connectivity index (χ3v) is 3.84. The smallest absolute Gasteiger partial charge is 0.244 e. The van der Waals surface area contributed by atoms with E-state index < -0.39 is 11.9 Å². The van der Waals surface area contributed by atoms with E-state index in [2.05, 4.69) is 15.3 Å². The summed E-state index contributed by atoms with van der Waals surface area (Å²) in [5.41, 5.74) is 7.93. The number of aromatic amines is 1. The molecular weight excluding hydrogens is 316 g/mol. The first-order valence-corrected chi connectivity index (χ1v) is 7.87. The zero-order valence-corrected chi connectivity index (χ0v) is 13.5. The molecule has 0 saturated heterocycles. The first-order valence-electron chi connectivity index (χ1n) is 7.87. The van der Waals surface area contributed by atoms with Gasteiger partial charge < -0.3 is 16.0 Å². The number of fused-ring (bicyclic) bond motifs is 1. The van der Waals surface area contributed by atoms with Crippen LogP contribution in [0.5, 0.6) is 0 Å². The summed E-state index contributed by atoms with van der Waals surface area (Å²) in [4.78, 5) is 31.0. The van der Waals surface area contributed by atoms with Gasteiger partial charge in [-0.15, -0.1) is 0 Å². The van der Waals surface area contributed by atoms with Crippen LogP contribution in [0.2, 0.25) is 0 Å². The summed E-state index contributed by atoms with van der Waals surface area (Å²) in [7, 11) is 0. The van der Waals surface area contributed by atoms with Crippen molar-refractivity contribution in [3.8, 4) is 0 Å². The van der Waals surface area contributed by atoms with E-state index in [1.807, 2.05) is 42.5 Å². The summed E-state index contributed by atoms with van der Waals surface area (Å²) in [6, 6.07) is 12.4. The van der Waals surface area contributed by atoms with E-state index in [0.717, 1.165) is 22.2 Å². The highest BCUT2D eigenvalue weighted by atomic mass is 16.2. The maximum absolute atomic E-state index is 12.1. The van der Waals surface area contributed by atoms with E-state index in [4.69, 9.17) is 5.73 Å².